The van der Waals surface area contributed by atoms with Crippen molar-refractivity contribution >= 4 is 11.9 Å². The fourth-order valence-corrected chi connectivity index (χ4v) is 2.99. The molecule has 130 valence electrons. The number of hydrogen-bond acceptors (Lipinski definition) is 3. The van der Waals surface area contributed by atoms with E-state index in [0.717, 1.165) is 12.8 Å². The summed E-state index contributed by atoms with van der Waals surface area (Å²) >= 11 is 0. The summed E-state index contributed by atoms with van der Waals surface area (Å²) in [6, 6.07) is 6.24. The van der Waals surface area contributed by atoms with Crippen molar-refractivity contribution in [3.05, 3.63) is 46.9 Å². The van der Waals surface area contributed by atoms with E-state index >= 15 is 0 Å². The summed E-state index contributed by atoms with van der Waals surface area (Å²) in [5.41, 5.74) is 1.13. The number of benzene rings is 1. The molecule has 1 amide bonds. The first-order valence-corrected chi connectivity index (χ1v) is 8.40. The predicted molar refractivity (Wildman–Crippen MR) is 89.6 cm³/mol. The maximum Gasteiger partial charge on any atom is 0.336 e. The van der Waals surface area contributed by atoms with Crippen LogP contribution in [0, 0.1) is 11.7 Å². The molecule has 4 nitrogen and oxygen atoms in total. The Kier molecular flexibility index (Phi) is 6.12. The van der Waals surface area contributed by atoms with Crippen molar-refractivity contribution in [2.45, 2.75) is 46.0 Å². The molecule has 24 heavy (non-hydrogen) atoms. The fraction of sp³-hybridized carbons (Fsp3) is 0.474. The zero-order valence-electron chi connectivity index (χ0n) is 14.4. The van der Waals surface area contributed by atoms with Crippen molar-refractivity contribution in [3.63, 3.8) is 0 Å². The molecule has 1 atom stereocenters. The second kappa shape index (κ2) is 8.08. The van der Waals surface area contributed by atoms with Crippen molar-refractivity contribution in [2.75, 3.05) is 6.61 Å². The second-order valence-electron chi connectivity index (χ2n) is 6.15. The molecule has 0 spiro atoms. The first-order valence-electron chi connectivity index (χ1n) is 8.40. The number of rotatable bonds is 6. The van der Waals surface area contributed by atoms with Crippen LogP contribution in [0.2, 0.25) is 0 Å². The zero-order chi connectivity index (χ0) is 17.7. The van der Waals surface area contributed by atoms with Crippen molar-refractivity contribution in [1.29, 1.82) is 0 Å². The molecule has 1 heterocycles. The molecule has 0 bridgehead atoms. The molecular weight excluding hydrogens is 309 g/mol. The summed E-state index contributed by atoms with van der Waals surface area (Å²) in [7, 11) is 0. The molecule has 1 aliphatic rings. The Labute approximate surface area is 142 Å². The molecular formula is C19H24FNO3. The van der Waals surface area contributed by atoms with Gasteiger partial charge in [0.1, 0.15) is 5.82 Å². The molecule has 1 unspecified atom stereocenters. The van der Waals surface area contributed by atoms with Gasteiger partial charge >= 0.3 is 5.97 Å². The summed E-state index contributed by atoms with van der Waals surface area (Å²) in [4.78, 5) is 24.5. The first kappa shape index (κ1) is 18.2. The van der Waals surface area contributed by atoms with Crippen LogP contribution in [0.5, 0.6) is 0 Å². The van der Waals surface area contributed by atoms with Crippen LogP contribution >= 0.6 is 0 Å². The van der Waals surface area contributed by atoms with E-state index in [1.807, 2.05) is 0 Å². The van der Waals surface area contributed by atoms with Gasteiger partial charge in [0.25, 0.3) is 0 Å². The molecule has 5 heteroatoms. The smallest absolute Gasteiger partial charge is 0.336 e. The lowest BCUT2D eigenvalue weighted by Crippen LogP contribution is -2.34. The Hall–Kier alpha value is -2.17. The number of carbonyl (C=O) groups excluding carboxylic acids is 2. The van der Waals surface area contributed by atoms with Gasteiger partial charge in [0.05, 0.1) is 12.2 Å². The number of allylic oxidation sites excluding steroid dienone is 1. The number of nitrogens with one attached hydrogen (secondary N) is 1. The molecule has 1 N–H and O–H groups in total. The van der Waals surface area contributed by atoms with Gasteiger partial charge in [-0.05, 0) is 24.5 Å². The third kappa shape index (κ3) is 4.02. The summed E-state index contributed by atoms with van der Waals surface area (Å²) in [5.74, 6) is -1.44. The number of amides is 1. The van der Waals surface area contributed by atoms with E-state index in [0.29, 0.717) is 29.4 Å². The second-order valence-corrected chi connectivity index (χ2v) is 6.15. The highest BCUT2D eigenvalue weighted by atomic mass is 19.1. The topological polar surface area (TPSA) is 55.4 Å². The van der Waals surface area contributed by atoms with Gasteiger partial charge in [0.2, 0.25) is 5.91 Å². The van der Waals surface area contributed by atoms with Gasteiger partial charge in [-0.15, -0.1) is 0 Å². The molecule has 0 aromatic heterocycles. The van der Waals surface area contributed by atoms with E-state index in [2.05, 4.69) is 19.2 Å². The number of hydrogen-bond donors (Lipinski definition) is 1. The van der Waals surface area contributed by atoms with E-state index in [1.165, 1.54) is 6.07 Å². The fourth-order valence-electron chi connectivity index (χ4n) is 2.99. The number of ether oxygens (including phenoxy) is 1. The summed E-state index contributed by atoms with van der Waals surface area (Å²) in [6.45, 7) is 6.09. The minimum absolute atomic E-state index is 0.0354. The third-order valence-corrected chi connectivity index (χ3v) is 4.57. The lowest BCUT2D eigenvalue weighted by atomic mass is 9.84. The van der Waals surface area contributed by atoms with E-state index < -0.39 is 17.7 Å². The quantitative estimate of drug-likeness (QED) is 0.808. The van der Waals surface area contributed by atoms with E-state index in [4.69, 9.17) is 4.74 Å². The highest BCUT2D eigenvalue weighted by molar-refractivity contribution is 5.95. The Morgan fingerprint density at radius 3 is 2.62 bits per heavy atom. The summed E-state index contributed by atoms with van der Waals surface area (Å²) in [6.07, 6.45) is 1.89. The summed E-state index contributed by atoms with van der Waals surface area (Å²) < 4.78 is 19.6. The molecule has 0 fully saturated rings. The van der Waals surface area contributed by atoms with Crippen LogP contribution in [0.3, 0.4) is 0 Å². The number of halogens is 1. The SMILES string of the molecule is CCC(CC)COC(=O)C1=C(C)NC(=O)CC1c1ccccc1F. The van der Waals surface area contributed by atoms with Gasteiger partial charge in [0, 0.05) is 18.0 Å². The molecule has 1 aliphatic heterocycles. The highest BCUT2D eigenvalue weighted by Crippen LogP contribution is 2.34. The monoisotopic (exact) mass is 333 g/mol. The van der Waals surface area contributed by atoms with Gasteiger partial charge in [-0.2, -0.15) is 0 Å². The average Bonchev–Trinajstić information content (AvgIpc) is 2.55. The first-order chi connectivity index (χ1) is 11.5. The molecule has 0 aliphatic carbocycles. The van der Waals surface area contributed by atoms with E-state index in [-0.39, 0.29) is 12.3 Å². The van der Waals surface area contributed by atoms with Crippen molar-refractivity contribution in [1.82, 2.24) is 5.32 Å². The lowest BCUT2D eigenvalue weighted by Gasteiger charge is -2.27. The molecule has 0 saturated heterocycles. The Morgan fingerprint density at radius 2 is 2.00 bits per heavy atom. The minimum Gasteiger partial charge on any atom is -0.462 e. The summed E-state index contributed by atoms with van der Waals surface area (Å²) in [5, 5.41) is 2.66. The van der Waals surface area contributed by atoms with Gasteiger partial charge < -0.3 is 10.1 Å². The Balaban J connectivity index is 2.29. The average molecular weight is 333 g/mol. The molecule has 0 saturated carbocycles. The normalized spacial score (nSPS) is 17.9. The van der Waals surface area contributed by atoms with Crippen LogP contribution in [-0.2, 0) is 14.3 Å². The molecule has 0 radical (unpaired) electrons. The van der Waals surface area contributed by atoms with E-state index in [1.54, 1.807) is 25.1 Å². The van der Waals surface area contributed by atoms with Crippen LogP contribution < -0.4 is 5.32 Å². The van der Waals surface area contributed by atoms with Crippen LogP contribution in [-0.4, -0.2) is 18.5 Å². The standard InChI is InChI=1S/C19H24FNO3/c1-4-13(5-2)11-24-19(23)18-12(3)21-17(22)10-15(18)14-8-6-7-9-16(14)20/h6-9,13,15H,4-5,10-11H2,1-3H3,(H,21,22). The van der Waals surface area contributed by atoms with Gasteiger partial charge in [-0.1, -0.05) is 44.9 Å². The van der Waals surface area contributed by atoms with Crippen LogP contribution in [0.25, 0.3) is 0 Å². The largest absolute Gasteiger partial charge is 0.462 e. The van der Waals surface area contributed by atoms with Gasteiger partial charge in [-0.3, -0.25) is 4.79 Å². The molecule has 1 aromatic rings. The predicted octanol–water partition coefficient (Wildman–Crippen LogP) is 3.68. The van der Waals surface area contributed by atoms with Crippen LogP contribution in [0.1, 0.15) is 51.5 Å². The van der Waals surface area contributed by atoms with E-state index in [9.17, 15) is 14.0 Å². The highest BCUT2D eigenvalue weighted by Gasteiger charge is 2.34. The number of carbonyl (C=O) groups is 2. The van der Waals surface area contributed by atoms with Crippen molar-refractivity contribution in [2.24, 2.45) is 5.92 Å². The van der Waals surface area contributed by atoms with Gasteiger partial charge in [0.15, 0.2) is 0 Å². The van der Waals surface area contributed by atoms with Crippen LogP contribution in [0.4, 0.5) is 4.39 Å². The third-order valence-electron chi connectivity index (χ3n) is 4.57. The van der Waals surface area contributed by atoms with Gasteiger partial charge in [-0.25, -0.2) is 9.18 Å². The van der Waals surface area contributed by atoms with Crippen molar-refractivity contribution in [3.8, 4) is 0 Å². The Morgan fingerprint density at radius 1 is 1.33 bits per heavy atom. The van der Waals surface area contributed by atoms with Crippen molar-refractivity contribution < 1.29 is 18.7 Å². The van der Waals surface area contributed by atoms with Crippen LogP contribution in [0.15, 0.2) is 35.5 Å². The zero-order valence-corrected chi connectivity index (χ0v) is 14.4. The molecule has 1 aromatic carbocycles. The molecule has 2 rings (SSSR count). The number of esters is 1. The minimum atomic E-state index is -0.617. The maximum absolute atomic E-state index is 14.2. The lowest BCUT2D eigenvalue weighted by molar-refractivity contribution is -0.141. The maximum atomic E-state index is 14.2. The Bertz CT molecular complexity index is 650.